The van der Waals surface area contributed by atoms with Gasteiger partial charge in [-0.3, -0.25) is 14.5 Å². The molecule has 9 heteroatoms. The molecule has 580 valence electrons. The highest BCUT2D eigenvalue weighted by molar-refractivity contribution is 8.00. The van der Waals surface area contributed by atoms with Gasteiger partial charge in [0.05, 0.1) is 67.1 Å². The standard InChI is InChI=1S/C116H69N7S2/c1-4-27-73(28-5-1)110-83-58-61-94-108(106(83)86-65-76(57-62-96(86)120-110)70-49-51-72(52-50-70)78-68-100(97-42-22-24-63-117-97)119-101(69-78)98-43-23-25-64-118-98)82-34-11-13-37-89(82)116(94)92-40-16-21-48-105(92)125-113-80(35-26-41-95(113)116)85-66-77(71-53-55-75(56-54-71)114-121-99-44-17-18-45-102(99)123(114)79-31-8-3-9-32-79)67-87-107-84(111(122-112(85)87)74-29-6-2-7-30-74)59-60-93-109(107)81-33-10-12-36-88(81)115(93)90-38-14-19-46-103(90)124-104-47-20-15-39-91(104)115/h1-69H. The predicted octanol–water partition coefficient (Wildman–Crippen LogP) is 29.3. The van der Waals surface area contributed by atoms with Gasteiger partial charge < -0.3 is 0 Å². The van der Waals surface area contributed by atoms with E-state index < -0.39 is 10.8 Å². The zero-order chi connectivity index (χ0) is 82.0. The molecule has 2 spiro atoms. The molecule has 0 bridgehead atoms. The van der Waals surface area contributed by atoms with Crippen LogP contribution in [-0.2, 0) is 10.8 Å². The highest BCUT2D eigenvalue weighted by Gasteiger charge is 2.53. The first-order valence-electron chi connectivity index (χ1n) is 42.5. The van der Waals surface area contributed by atoms with Crippen molar-refractivity contribution < 1.29 is 0 Å². The molecule has 2 aliphatic heterocycles. The van der Waals surface area contributed by atoms with Crippen LogP contribution in [0.5, 0.6) is 0 Å². The van der Waals surface area contributed by atoms with E-state index in [1.165, 1.54) is 97.1 Å². The van der Waals surface area contributed by atoms with Gasteiger partial charge in [-0.15, -0.1) is 0 Å². The van der Waals surface area contributed by atoms with Gasteiger partial charge in [-0.2, -0.15) is 0 Å². The second kappa shape index (κ2) is 28.0. The van der Waals surface area contributed by atoms with E-state index >= 15 is 0 Å². The molecule has 1 atom stereocenters. The first kappa shape index (κ1) is 71.2. The van der Waals surface area contributed by atoms with Crippen molar-refractivity contribution in [2.45, 2.75) is 30.4 Å². The minimum atomic E-state index is -0.818. The third-order valence-corrected chi connectivity index (χ3v) is 28.8. The Morgan fingerprint density at radius 1 is 0.240 bits per heavy atom. The monoisotopic (exact) mass is 1620 g/mol. The van der Waals surface area contributed by atoms with Crippen LogP contribution in [0.25, 0.3) is 184 Å². The van der Waals surface area contributed by atoms with Crippen molar-refractivity contribution in [2.24, 2.45) is 0 Å². The zero-order valence-electron chi connectivity index (χ0n) is 67.3. The summed E-state index contributed by atoms with van der Waals surface area (Å²) in [5, 5.41) is 6.70. The van der Waals surface area contributed by atoms with Gasteiger partial charge in [0.25, 0.3) is 0 Å². The quantitative estimate of drug-likeness (QED) is 0.125. The minimum Gasteiger partial charge on any atom is -0.292 e. The van der Waals surface area contributed by atoms with Gasteiger partial charge >= 0.3 is 0 Å². The fourth-order valence-corrected chi connectivity index (χ4v) is 23.7. The summed E-state index contributed by atoms with van der Waals surface area (Å²) in [6, 6.07) is 150. The lowest BCUT2D eigenvalue weighted by molar-refractivity contribution is 0.723. The molecule has 16 aromatic carbocycles. The van der Waals surface area contributed by atoms with E-state index in [0.29, 0.717) is 0 Å². The van der Waals surface area contributed by atoms with Crippen molar-refractivity contribution in [3.8, 4) is 129 Å². The van der Waals surface area contributed by atoms with Gasteiger partial charge in [0, 0.05) is 92.2 Å². The molecule has 4 aliphatic rings. The molecular formula is C116H69N7S2. The molecule has 7 nitrogen and oxygen atoms in total. The van der Waals surface area contributed by atoms with E-state index in [9.17, 15) is 0 Å². The molecule has 1 unspecified atom stereocenters. The largest absolute Gasteiger partial charge is 0.292 e. The summed E-state index contributed by atoms with van der Waals surface area (Å²) in [7, 11) is 0. The van der Waals surface area contributed by atoms with Gasteiger partial charge in [0.1, 0.15) is 5.82 Å². The topological polar surface area (TPSA) is 82.3 Å². The van der Waals surface area contributed by atoms with Gasteiger partial charge in [0.2, 0.25) is 0 Å². The van der Waals surface area contributed by atoms with Crippen molar-refractivity contribution in [3.05, 3.63) is 463 Å². The highest BCUT2D eigenvalue weighted by Crippen LogP contribution is 2.67. The number of rotatable bonds is 10. The van der Waals surface area contributed by atoms with Crippen molar-refractivity contribution in [1.29, 1.82) is 0 Å². The third kappa shape index (κ3) is 10.7. The molecule has 0 amide bonds. The van der Waals surface area contributed by atoms with E-state index in [0.717, 1.165) is 150 Å². The number of pyridine rings is 5. The zero-order valence-corrected chi connectivity index (χ0v) is 68.9. The molecule has 2 aliphatic carbocycles. The molecule has 0 radical (unpaired) electrons. The number of fused-ring (bicyclic) bond motifs is 27. The average Bonchev–Trinajstić information content (AvgIpc) is 1.52. The van der Waals surface area contributed by atoms with Crippen molar-refractivity contribution in [3.63, 3.8) is 0 Å². The second-order valence-electron chi connectivity index (χ2n) is 32.9. The number of hydrogen-bond acceptors (Lipinski definition) is 8. The van der Waals surface area contributed by atoms with Crippen LogP contribution in [0.4, 0.5) is 0 Å². The minimum absolute atomic E-state index is 0.633. The lowest BCUT2D eigenvalue weighted by atomic mass is 9.66. The Bertz CT molecular complexity index is 8160. The number of hydrogen-bond donors (Lipinski definition) is 0. The fraction of sp³-hybridized carbons (Fsp3) is 0.0172. The summed E-state index contributed by atoms with van der Waals surface area (Å²) in [6.45, 7) is 0. The Kier molecular flexibility index (Phi) is 16.0. The third-order valence-electron chi connectivity index (χ3n) is 26.4. The maximum absolute atomic E-state index is 6.24. The first-order chi connectivity index (χ1) is 62.0. The Morgan fingerprint density at radius 2 is 0.696 bits per heavy atom. The Hall–Kier alpha value is -15.5. The first-order valence-corrected chi connectivity index (χ1v) is 44.2. The van der Waals surface area contributed by atoms with Crippen LogP contribution in [0.2, 0.25) is 0 Å². The molecule has 0 N–H and O–H groups in total. The smallest absolute Gasteiger partial charge is 0.145 e. The average molecular weight is 1630 g/mol. The molecule has 0 fully saturated rings. The molecule has 125 heavy (non-hydrogen) atoms. The SMILES string of the molecule is c1ccc(-c2nc3ccc(-c4ccc(-c5cc(-c6ccccn6)nc(-c6ccccn6)c5)cc4)cc3c3c4c(ccc23)C2(c3ccccc3Sc3c(-c5cc(-c6ccc(-c7nc8ccccc8n7-c7ccccc7)cc6)cc6c5nc(-c5ccccc5)c5ccc7c(c56)-c5ccccc5C75c6ccccc6Sc6ccccc65)cccc32)c2ccccc2-4)cc1. The van der Waals surface area contributed by atoms with Crippen molar-refractivity contribution >= 4 is 77.9 Å². The van der Waals surface area contributed by atoms with Crippen LogP contribution < -0.4 is 0 Å². The van der Waals surface area contributed by atoms with Crippen LogP contribution in [0, 0.1) is 0 Å². The molecular weight excluding hydrogens is 1560 g/mol. The van der Waals surface area contributed by atoms with Crippen LogP contribution in [0.15, 0.2) is 438 Å². The van der Waals surface area contributed by atoms with E-state index in [-0.39, 0.29) is 0 Å². The summed E-state index contributed by atoms with van der Waals surface area (Å²) in [5.41, 5.74) is 35.2. The lowest BCUT2D eigenvalue weighted by Crippen LogP contribution is -2.32. The van der Waals surface area contributed by atoms with E-state index in [4.69, 9.17) is 29.9 Å². The number of imidazole rings is 1. The van der Waals surface area contributed by atoms with Crippen molar-refractivity contribution in [1.82, 2.24) is 34.5 Å². The normalized spacial score (nSPS) is 14.1. The number of nitrogens with zero attached hydrogens (tertiary/aromatic N) is 7. The van der Waals surface area contributed by atoms with Gasteiger partial charge in [-0.25, -0.2) is 19.9 Å². The second-order valence-corrected chi connectivity index (χ2v) is 35.0. The van der Waals surface area contributed by atoms with E-state index in [2.05, 4.69) is 375 Å². The van der Waals surface area contributed by atoms with Crippen LogP contribution in [-0.4, -0.2) is 34.5 Å². The molecule has 0 saturated carbocycles. The maximum atomic E-state index is 6.24. The summed E-state index contributed by atoms with van der Waals surface area (Å²) in [4.78, 5) is 36.8. The van der Waals surface area contributed by atoms with Gasteiger partial charge in [-0.05, 0) is 209 Å². The van der Waals surface area contributed by atoms with E-state index in [1.54, 1.807) is 0 Å². The summed E-state index contributed by atoms with van der Waals surface area (Å²) in [6.07, 6.45) is 3.64. The molecule has 8 heterocycles. The highest BCUT2D eigenvalue weighted by atomic mass is 32.2. The lowest BCUT2D eigenvalue weighted by Gasteiger charge is -2.40. The fourth-order valence-electron chi connectivity index (χ4n) is 21.1. The van der Waals surface area contributed by atoms with E-state index in [1.807, 2.05) is 72.3 Å². The van der Waals surface area contributed by atoms with Crippen LogP contribution >= 0.6 is 23.5 Å². The summed E-state index contributed by atoms with van der Waals surface area (Å²) >= 11 is 3.77. The maximum Gasteiger partial charge on any atom is 0.145 e. The molecule has 0 saturated heterocycles. The summed E-state index contributed by atoms with van der Waals surface area (Å²) in [5.74, 6) is 0.882. The predicted molar refractivity (Wildman–Crippen MR) is 512 cm³/mol. The van der Waals surface area contributed by atoms with Crippen LogP contribution in [0.3, 0.4) is 0 Å². The number of benzene rings is 16. The van der Waals surface area contributed by atoms with Gasteiger partial charge in [0.15, 0.2) is 0 Å². The van der Waals surface area contributed by atoms with Crippen molar-refractivity contribution in [2.75, 3.05) is 0 Å². The molecule has 6 aromatic heterocycles. The van der Waals surface area contributed by atoms with Gasteiger partial charge in [-0.1, -0.05) is 327 Å². The number of para-hydroxylation sites is 3. The number of aromatic nitrogens is 7. The Labute approximate surface area is 729 Å². The molecule has 26 rings (SSSR count). The summed E-state index contributed by atoms with van der Waals surface area (Å²) < 4.78 is 2.29. The Balaban J connectivity index is 0.721. The van der Waals surface area contributed by atoms with Crippen LogP contribution in [0.1, 0.15) is 44.5 Å². The Morgan fingerprint density at radius 3 is 1.29 bits per heavy atom. The molecule has 22 aromatic rings.